The highest BCUT2D eigenvalue weighted by molar-refractivity contribution is 7.99. The van der Waals surface area contributed by atoms with Gasteiger partial charge in [0.1, 0.15) is 5.75 Å². The van der Waals surface area contributed by atoms with Crippen molar-refractivity contribution < 1.29 is 4.74 Å². The quantitative estimate of drug-likeness (QED) is 0.716. The Morgan fingerprint density at radius 3 is 2.45 bits per heavy atom. The van der Waals surface area contributed by atoms with Crippen LogP contribution < -0.4 is 10.1 Å². The van der Waals surface area contributed by atoms with Gasteiger partial charge in [-0.3, -0.25) is 0 Å². The molecule has 0 aliphatic rings. The van der Waals surface area contributed by atoms with Gasteiger partial charge in [0.25, 0.3) is 0 Å². The molecule has 20 heavy (non-hydrogen) atoms. The summed E-state index contributed by atoms with van der Waals surface area (Å²) in [6, 6.07) is 8.76. The van der Waals surface area contributed by atoms with Crippen LogP contribution in [0.5, 0.6) is 5.75 Å². The summed E-state index contributed by atoms with van der Waals surface area (Å²) in [6.07, 6.45) is 1.42. The SMILES string of the molecule is CCNC(CSC(C)CC)c1ccccc1OC(C)C. The zero-order chi connectivity index (χ0) is 15.0. The second-order valence-corrected chi connectivity index (χ2v) is 6.84. The minimum Gasteiger partial charge on any atom is -0.491 e. The zero-order valence-corrected chi connectivity index (χ0v) is 14.3. The van der Waals surface area contributed by atoms with E-state index < -0.39 is 0 Å². The standard InChI is InChI=1S/C17H29NOS/c1-6-14(5)20-12-16(18-7-2)15-10-8-9-11-17(15)19-13(3)4/h8-11,13-14,16,18H,6-7,12H2,1-5H3. The highest BCUT2D eigenvalue weighted by atomic mass is 32.2. The summed E-state index contributed by atoms with van der Waals surface area (Å²) in [4.78, 5) is 0. The van der Waals surface area contributed by atoms with E-state index in [1.54, 1.807) is 0 Å². The van der Waals surface area contributed by atoms with E-state index in [1.165, 1.54) is 12.0 Å². The van der Waals surface area contributed by atoms with Crippen molar-refractivity contribution in [2.24, 2.45) is 0 Å². The summed E-state index contributed by atoms with van der Waals surface area (Å²) >= 11 is 2.03. The number of rotatable bonds is 9. The molecule has 0 aliphatic carbocycles. The van der Waals surface area contributed by atoms with Crippen LogP contribution in [0.4, 0.5) is 0 Å². The molecule has 114 valence electrons. The van der Waals surface area contributed by atoms with E-state index in [9.17, 15) is 0 Å². The summed E-state index contributed by atoms with van der Waals surface area (Å²) in [5, 5.41) is 4.29. The Morgan fingerprint density at radius 2 is 1.85 bits per heavy atom. The van der Waals surface area contributed by atoms with E-state index in [0.717, 1.165) is 18.0 Å². The molecule has 1 aromatic carbocycles. The van der Waals surface area contributed by atoms with Crippen molar-refractivity contribution in [3.63, 3.8) is 0 Å². The molecule has 0 bridgehead atoms. The van der Waals surface area contributed by atoms with E-state index in [-0.39, 0.29) is 6.10 Å². The smallest absolute Gasteiger partial charge is 0.124 e. The summed E-state index contributed by atoms with van der Waals surface area (Å²) in [6.45, 7) is 11.8. The van der Waals surface area contributed by atoms with E-state index in [1.807, 2.05) is 17.8 Å². The van der Waals surface area contributed by atoms with Crippen molar-refractivity contribution in [1.82, 2.24) is 5.32 Å². The number of hydrogen-bond acceptors (Lipinski definition) is 3. The van der Waals surface area contributed by atoms with Gasteiger partial charge in [0, 0.05) is 22.6 Å². The Labute approximate surface area is 128 Å². The van der Waals surface area contributed by atoms with Gasteiger partial charge in [-0.2, -0.15) is 11.8 Å². The lowest BCUT2D eigenvalue weighted by molar-refractivity contribution is 0.238. The molecule has 2 unspecified atom stereocenters. The first-order valence-corrected chi connectivity index (χ1v) is 8.73. The van der Waals surface area contributed by atoms with Gasteiger partial charge in [-0.05, 0) is 32.9 Å². The van der Waals surface area contributed by atoms with Gasteiger partial charge < -0.3 is 10.1 Å². The van der Waals surface area contributed by atoms with Gasteiger partial charge in [0.2, 0.25) is 0 Å². The molecule has 1 aromatic rings. The number of para-hydroxylation sites is 1. The number of ether oxygens (including phenoxy) is 1. The lowest BCUT2D eigenvalue weighted by Crippen LogP contribution is -2.24. The number of nitrogens with one attached hydrogen (secondary N) is 1. The summed E-state index contributed by atoms with van der Waals surface area (Å²) in [7, 11) is 0. The predicted molar refractivity (Wildman–Crippen MR) is 90.8 cm³/mol. The van der Waals surface area contributed by atoms with Crippen LogP contribution in [0, 0.1) is 0 Å². The monoisotopic (exact) mass is 295 g/mol. The molecule has 1 N–H and O–H groups in total. The third kappa shape index (κ3) is 5.76. The van der Waals surface area contributed by atoms with Gasteiger partial charge in [-0.25, -0.2) is 0 Å². The third-order valence-electron chi connectivity index (χ3n) is 3.23. The molecule has 2 atom stereocenters. The molecule has 0 fully saturated rings. The topological polar surface area (TPSA) is 21.3 Å². The Bertz CT molecular complexity index is 381. The van der Waals surface area contributed by atoms with E-state index in [4.69, 9.17) is 4.74 Å². The Hall–Kier alpha value is -0.670. The molecule has 2 nitrogen and oxygen atoms in total. The highest BCUT2D eigenvalue weighted by Crippen LogP contribution is 2.30. The summed E-state index contributed by atoms with van der Waals surface area (Å²) in [5.74, 6) is 2.10. The van der Waals surface area contributed by atoms with Crippen molar-refractivity contribution >= 4 is 11.8 Å². The Balaban J connectivity index is 2.84. The molecular weight excluding hydrogens is 266 g/mol. The van der Waals surface area contributed by atoms with Crippen molar-refractivity contribution in [3.8, 4) is 5.75 Å². The molecule has 0 amide bonds. The fraction of sp³-hybridized carbons (Fsp3) is 0.647. The van der Waals surface area contributed by atoms with Gasteiger partial charge in [0.15, 0.2) is 0 Å². The van der Waals surface area contributed by atoms with Crippen LogP contribution in [0.3, 0.4) is 0 Å². The van der Waals surface area contributed by atoms with Crippen molar-refractivity contribution in [2.45, 2.75) is 58.4 Å². The molecular formula is C17H29NOS. The third-order valence-corrected chi connectivity index (χ3v) is 4.66. The van der Waals surface area contributed by atoms with Crippen molar-refractivity contribution in [2.75, 3.05) is 12.3 Å². The van der Waals surface area contributed by atoms with Crippen molar-refractivity contribution in [3.05, 3.63) is 29.8 Å². The average molecular weight is 295 g/mol. The van der Waals surface area contributed by atoms with Crippen LogP contribution in [-0.2, 0) is 0 Å². The first-order chi connectivity index (χ1) is 9.58. The van der Waals surface area contributed by atoms with Crippen LogP contribution >= 0.6 is 11.8 Å². The van der Waals surface area contributed by atoms with Crippen LogP contribution in [0.2, 0.25) is 0 Å². The first-order valence-electron chi connectivity index (χ1n) is 7.69. The molecule has 1 rings (SSSR count). The molecule has 0 radical (unpaired) electrons. The van der Waals surface area contributed by atoms with Gasteiger partial charge >= 0.3 is 0 Å². The maximum atomic E-state index is 5.96. The average Bonchev–Trinajstić information content (AvgIpc) is 2.43. The summed E-state index contributed by atoms with van der Waals surface area (Å²) in [5.41, 5.74) is 1.28. The minimum absolute atomic E-state index is 0.209. The second kappa shape index (κ2) is 9.30. The molecule has 3 heteroatoms. The molecule has 0 aromatic heterocycles. The number of hydrogen-bond donors (Lipinski definition) is 1. The first kappa shape index (κ1) is 17.4. The van der Waals surface area contributed by atoms with E-state index in [2.05, 4.69) is 58.1 Å². The van der Waals surface area contributed by atoms with Crippen LogP contribution in [0.15, 0.2) is 24.3 Å². The minimum atomic E-state index is 0.209. The van der Waals surface area contributed by atoms with Crippen LogP contribution in [0.1, 0.15) is 52.6 Å². The fourth-order valence-corrected chi connectivity index (χ4v) is 3.07. The van der Waals surface area contributed by atoms with Gasteiger partial charge in [-0.15, -0.1) is 0 Å². The molecule has 0 heterocycles. The van der Waals surface area contributed by atoms with Crippen LogP contribution in [0.25, 0.3) is 0 Å². The molecule has 0 spiro atoms. The number of benzene rings is 1. The summed E-state index contributed by atoms with van der Waals surface area (Å²) < 4.78 is 5.96. The van der Waals surface area contributed by atoms with E-state index >= 15 is 0 Å². The fourth-order valence-electron chi connectivity index (χ4n) is 2.01. The maximum absolute atomic E-state index is 5.96. The van der Waals surface area contributed by atoms with Crippen molar-refractivity contribution in [1.29, 1.82) is 0 Å². The Morgan fingerprint density at radius 1 is 1.15 bits per heavy atom. The normalized spacial score (nSPS) is 14.3. The van der Waals surface area contributed by atoms with Crippen LogP contribution in [-0.4, -0.2) is 23.7 Å². The predicted octanol–water partition coefficient (Wildman–Crippen LogP) is 4.66. The lowest BCUT2D eigenvalue weighted by atomic mass is 10.1. The highest BCUT2D eigenvalue weighted by Gasteiger charge is 2.16. The van der Waals surface area contributed by atoms with Gasteiger partial charge in [0.05, 0.1) is 6.10 Å². The largest absolute Gasteiger partial charge is 0.491 e. The molecule has 0 aliphatic heterocycles. The Kier molecular flexibility index (Phi) is 8.08. The molecule has 0 saturated carbocycles. The second-order valence-electron chi connectivity index (χ2n) is 5.37. The maximum Gasteiger partial charge on any atom is 0.124 e. The lowest BCUT2D eigenvalue weighted by Gasteiger charge is -2.23. The van der Waals surface area contributed by atoms with E-state index in [0.29, 0.717) is 11.3 Å². The zero-order valence-electron chi connectivity index (χ0n) is 13.5. The van der Waals surface area contributed by atoms with Gasteiger partial charge in [-0.1, -0.05) is 39.0 Å². The number of thioether (sulfide) groups is 1. The molecule has 0 saturated heterocycles.